The average molecular weight is 232 g/mol. The molecule has 0 aliphatic rings. The predicted molar refractivity (Wildman–Crippen MR) is 50.2 cm³/mol. The average Bonchev–Trinajstić information content (AvgIpc) is 2.36. The Morgan fingerprint density at radius 1 is 1.83 bits per heavy atom. The van der Waals surface area contributed by atoms with Crippen LogP contribution in [0.3, 0.4) is 0 Å². The van der Waals surface area contributed by atoms with Gasteiger partial charge in [0, 0.05) is 13.1 Å². The van der Waals surface area contributed by atoms with E-state index in [2.05, 4.69) is 26.3 Å². The highest BCUT2D eigenvalue weighted by atomic mass is 79.9. The van der Waals surface area contributed by atoms with Gasteiger partial charge in [-0.3, -0.25) is 9.48 Å². The normalized spacial score (nSPS) is 12.6. The molecule has 0 bridgehead atoms. The molecule has 0 saturated carbocycles. The standard InChI is InChI=1S/C7H10BrN3O/c1-5(8)7(12)10-6-3-4-9-11(6)2/h3-5H,1-2H3,(H,10,12). The molecule has 0 aromatic carbocycles. The number of alkyl halides is 1. The Bertz CT molecular complexity index is 282. The molecule has 0 saturated heterocycles. The summed E-state index contributed by atoms with van der Waals surface area (Å²) in [7, 11) is 1.77. The predicted octanol–water partition coefficient (Wildman–Crippen LogP) is 1.14. The molecule has 5 heteroatoms. The van der Waals surface area contributed by atoms with Crippen molar-refractivity contribution >= 4 is 27.7 Å². The van der Waals surface area contributed by atoms with Crippen molar-refractivity contribution in [3.63, 3.8) is 0 Å². The molecule has 1 aromatic rings. The number of carbonyl (C=O) groups excluding carboxylic acids is 1. The summed E-state index contributed by atoms with van der Waals surface area (Å²) in [6.07, 6.45) is 1.63. The third kappa shape index (κ3) is 2.07. The van der Waals surface area contributed by atoms with Crippen molar-refractivity contribution in [2.24, 2.45) is 7.05 Å². The Morgan fingerprint density at radius 3 is 2.92 bits per heavy atom. The maximum atomic E-state index is 11.2. The molecule has 1 atom stereocenters. The van der Waals surface area contributed by atoms with E-state index in [0.29, 0.717) is 5.82 Å². The minimum absolute atomic E-state index is 0.0707. The number of hydrogen-bond acceptors (Lipinski definition) is 2. The Morgan fingerprint density at radius 2 is 2.50 bits per heavy atom. The fraction of sp³-hybridized carbons (Fsp3) is 0.429. The summed E-state index contributed by atoms with van der Waals surface area (Å²) in [5.74, 6) is 0.630. The first-order valence-electron chi connectivity index (χ1n) is 3.54. The van der Waals surface area contributed by atoms with Crippen LogP contribution in [0, 0.1) is 0 Å². The topological polar surface area (TPSA) is 46.9 Å². The van der Waals surface area contributed by atoms with Crippen LogP contribution in [0.5, 0.6) is 0 Å². The molecule has 0 aliphatic heterocycles. The lowest BCUT2D eigenvalue weighted by atomic mass is 10.4. The van der Waals surface area contributed by atoms with Gasteiger partial charge in [-0.25, -0.2) is 0 Å². The number of anilines is 1. The zero-order chi connectivity index (χ0) is 9.14. The fourth-order valence-electron chi connectivity index (χ4n) is 0.722. The number of rotatable bonds is 2. The van der Waals surface area contributed by atoms with Crippen LogP contribution in [-0.2, 0) is 11.8 Å². The molecule has 1 amide bonds. The first-order chi connectivity index (χ1) is 5.61. The first kappa shape index (κ1) is 9.25. The highest BCUT2D eigenvalue weighted by Crippen LogP contribution is 2.06. The molecule has 0 fully saturated rings. The van der Waals surface area contributed by atoms with Gasteiger partial charge in [0.15, 0.2) is 0 Å². The third-order valence-electron chi connectivity index (χ3n) is 1.43. The zero-order valence-electron chi connectivity index (χ0n) is 6.91. The number of nitrogens with zero attached hydrogens (tertiary/aromatic N) is 2. The molecule has 0 aliphatic carbocycles. The maximum absolute atomic E-state index is 11.2. The van der Waals surface area contributed by atoms with Crippen molar-refractivity contribution in [1.29, 1.82) is 0 Å². The zero-order valence-corrected chi connectivity index (χ0v) is 8.50. The lowest BCUT2D eigenvalue weighted by molar-refractivity contribution is -0.115. The molecule has 1 heterocycles. The number of nitrogens with one attached hydrogen (secondary N) is 1. The van der Waals surface area contributed by atoms with E-state index in [4.69, 9.17) is 0 Å². The second-order valence-electron chi connectivity index (χ2n) is 2.45. The van der Waals surface area contributed by atoms with E-state index in [1.54, 1.807) is 30.9 Å². The molecule has 4 nitrogen and oxygen atoms in total. The summed E-state index contributed by atoms with van der Waals surface area (Å²) < 4.78 is 1.60. The van der Waals surface area contributed by atoms with Gasteiger partial charge in [-0.05, 0) is 6.92 Å². The van der Waals surface area contributed by atoms with Crippen molar-refractivity contribution in [3.05, 3.63) is 12.3 Å². The number of aromatic nitrogens is 2. The third-order valence-corrected chi connectivity index (χ3v) is 1.85. The monoisotopic (exact) mass is 231 g/mol. The minimum Gasteiger partial charge on any atom is -0.310 e. The van der Waals surface area contributed by atoms with E-state index in [0.717, 1.165) is 0 Å². The fourth-order valence-corrected chi connectivity index (χ4v) is 0.837. The van der Waals surface area contributed by atoms with Crippen LogP contribution in [0.25, 0.3) is 0 Å². The van der Waals surface area contributed by atoms with Crippen molar-refractivity contribution in [2.45, 2.75) is 11.8 Å². The molecule has 1 unspecified atom stereocenters. The van der Waals surface area contributed by atoms with E-state index in [9.17, 15) is 4.79 Å². The second-order valence-corrected chi connectivity index (χ2v) is 3.82. The number of carbonyl (C=O) groups is 1. The lowest BCUT2D eigenvalue weighted by Crippen LogP contribution is -2.21. The number of amides is 1. The van der Waals surface area contributed by atoms with E-state index in [1.807, 2.05) is 0 Å². The molecule has 12 heavy (non-hydrogen) atoms. The number of halogens is 1. The van der Waals surface area contributed by atoms with Crippen LogP contribution < -0.4 is 5.32 Å². The van der Waals surface area contributed by atoms with Gasteiger partial charge >= 0.3 is 0 Å². The van der Waals surface area contributed by atoms with E-state index in [1.165, 1.54) is 0 Å². The smallest absolute Gasteiger partial charge is 0.239 e. The quantitative estimate of drug-likeness (QED) is 0.777. The molecule has 1 aromatic heterocycles. The van der Waals surface area contributed by atoms with E-state index < -0.39 is 0 Å². The summed E-state index contributed by atoms with van der Waals surface area (Å²) in [5, 5.41) is 6.62. The van der Waals surface area contributed by atoms with Gasteiger partial charge in [-0.15, -0.1) is 0 Å². The first-order valence-corrected chi connectivity index (χ1v) is 4.46. The summed E-state index contributed by atoms with van der Waals surface area (Å²) in [6.45, 7) is 1.77. The molecular weight excluding hydrogens is 222 g/mol. The van der Waals surface area contributed by atoms with Crippen LogP contribution in [0.2, 0.25) is 0 Å². The molecule has 1 N–H and O–H groups in total. The highest BCUT2D eigenvalue weighted by Gasteiger charge is 2.09. The Labute approximate surface area is 79.1 Å². The Kier molecular flexibility index (Phi) is 2.86. The summed E-state index contributed by atoms with van der Waals surface area (Å²) in [6, 6.07) is 1.74. The number of aryl methyl sites for hydroxylation is 1. The van der Waals surface area contributed by atoms with Crippen molar-refractivity contribution < 1.29 is 4.79 Å². The molecule has 0 spiro atoms. The van der Waals surface area contributed by atoms with Gasteiger partial charge in [0.1, 0.15) is 5.82 Å². The van der Waals surface area contributed by atoms with Crippen molar-refractivity contribution in [3.8, 4) is 0 Å². The van der Waals surface area contributed by atoms with Crippen molar-refractivity contribution in [2.75, 3.05) is 5.32 Å². The molecule has 1 rings (SSSR count). The highest BCUT2D eigenvalue weighted by molar-refractivity contribution is 9.10. The van der Waals surface area contributed by atoms with Gasteiger partial charge in [-0.2, -0.15) is 5.10 Å². The molecular formula is C7H10BrN3O. The largest absolute Gasteiger partial charge is 0.310 e. The van der Waals surface area contributed by atoms with Crippen LogP contribution in [-0.4, -0.2) is 20.5 Å². The van der Waals surface area contributed by atoms with Crippen molar-refractivity contribution in [1.82, 2.24) is 9.78 Å². The molecule has 0 radical (unpaired) electrons. The number of hydrogen-bond donors (Lipinski definition) is 1. The van der Waals surface area contributed by atoms with Crippen LogP contribution in [0.1, 0.15) is 6.92 Å². The maximum Gasteiger partial charge on any atom is 0.239 e. The summed E-state index contributed by atoms with van der Waals surface area (Å²) >= 11 is 3.17. The Hall–Kier alpha value is -0.840. The summed E-state index contributed by atoms with van der Waals surface area (Å²) in [5.41, 5.74) is 0. The van der Waals surface area contributed by atoms with Crippen LogP contribution in [0.4, 0.5) is 5.82 Å². The van der Waals surface area contributed by atoms with Crippen LogP contribution in [0.15, 0.2) is 12.3 Å². The van der Waals surface area contributed by atoms with E-state index >= 15 is 0 Å². The van der Waals surface area contributed by atoms with Gasteiger partial charge in [0.05, 0.1) is 11.0 Å². The Balaban J connectivity index is 2.64. The SMILES string of the molecule is CC(Br)C(=O)Nc1ccnn1C. The second kappa shape index (κ2) is 3.71. The van der Waals surface area contributed by atoms with Crippen LogP contribution >= 0.6 is 15.9 Å². The minimum atomic E-state index is -0.188. The van der Waals surface area contributed by atoms with Gasteiger partial charge < -0.3 is 5.32 Å². The molecule has 66 valence electrons. The van der Waals surface area contributed by atoms with E-state index in [-0.39, 0.29) is 10.7 Å². The van der Waals surface area contributed by atoms with Gasteiger partial charge in [-0.1, -0.05) is 15.9 Å². The van der Waals surface area contributed by atoms with Gasteiger partial charge in [0.25, 0.3) is 0 Å². The lowest BCUT2D eigenvalue weighted by Gasteiger charge is -2.05. The van der Waals surface area contributed by atoms with Gasteiger partial charge in [0.2, 0.25) is 5.91 Å². The summed E-state index contributed by atoms with van der Waals surface area (Å²) in [4.78, 5) is 11.0.